The van der Waals surface area contributed by atoms with Gasteiger partial charge in [-0.15, -0.1) is 0 Å². The second-order valence-corrected chi connectivity index (χ2v) is 6.31. The van der Waals surface area contributed by atoms with Gasteiger partial charge < -0.3 is 10.6 Å². The zero-order chi connectivity index (χ0) is 19.1. The fourth-order valence-corrected chi connectivity index (χ4v) is 2.76. The second-order valence-electron chi connectivity index (χ2n) is 5.95. The van der Waals surface area contributed by atoms with Crippen molar-refractivity contribution in [3.05, 3.63) is 46.8 Å². The molecule has 26 heavy (non-hydrogen) atoms. The molecule has 2 N–H and O–H groups in total. The standard InChI is InChI=1S/C19H23ClN4O2/c1-4-5-11-24-19(20)17(13(2)23-24)9-10-18(26)22-16-8-6-7-15(12-16)21-14(3)25/h6-10,12H,4-5,11H2,1-3H3,(H,21,25)(H,22,26)/b10-9+. The fraction of sp³-hybridized carbons (Fsp3) is 0.316. The van der Waals surface area contributed by atoms with Gasteiger partial charge in [0, 0.05) is 36.5 Å². The average Bonchev–Trinajstić information content (AvgIpc) is 2.84. The summed E-state index contributed by atoms with van der Waals surface area (Å²) in [6.45, 7) is 6.16. The van der Waals surface area contributed by atoms with E-state index in [9.17, 15) is 9.59 Å². The molecule has 0 saturated carbocycles. The lowest BCUT2D eigenvalue weighted by atomic mass is 10.2. The van der Waals surface area contributed by atoms with Crippen LogP contribution in [-0.2, 0) is 16.1 Å². The number of aryl methyl sites for hydroxylation is 2. The van der Waals surface area contributed by atoms with Crippen LogP contribution in [0.25, 0.3) is 6.08 Å². The Hall–Kier alpha value is -2.60. The van der Waals surface area contributed by atoms with Crippen molar-refractivity contribution in [3.63, 3.8) is 0 Å². The van der Waals surface area contributed by atoms with Gasteiger partial charge in [0.05, 0.1) is 5.69 Å². The van der Waals surface area contributed by atoms with Crippen LogP contribution < -0.4 is 10.6 Å². The van der Waals surface area contributed by atoms with Crippen LogP contribution in [0.1, 0.15) is 37.9 Å². The van der Waals surface area contributed by atoms with Crippen LogP contribution in [0.5, 0.6) is 0 Å². The topological polar surface area (TPSA) is 76.0 Å². The van der Waals surface area contributed by atoms with Gasteiger partial charge in [0.25, 0.3) is 0 Å². The molecule has 0 fully saturated rings. The first-order chi connectivity index (χ1) is 12.4. The zero-order valence-electron chi connectivity index (χ0n) is 15.2. The van der Waals surface area contributed by atoms with Crippen molar-refractivity contribution in [2.24, 2.45) is 0 Å². The van der Waals surface area contributed by atoms with Crippen LogP contribution in [0.2, 0.25) is 5.15 Å². The molecule has 0 spiro atoms. The molecule has 2 rings (SSSR count). The Balaban J connectivity index is 2.06. The van der Waals surface area contributed by atoms with E-state index in [-0.39, 0.29) is 11.8 Å². The Labute approximate surface area is 158 Å². The summed E-state index contributed by atoms with van der Waals surface area (Å²) in [6, 6.07) is 6.94. The fourth-order valence-electron chi connectivity index (χ4n) is 2.43. The van der Waals surface area contributed by atoms with Crippen molar-refractivity contribution in [1.29, 1.82) is 0 Å². The van der Waals surface area contributed by atoms with Crippen LogP contribution in [0.15, 0.2) is 30.3 Å². The van der Waals surface area contributed by atoms with Crippen LogP contribution in [-0.4, -0.2) is 21.6 Å². The minimum atomic E-state index is -0.290. The van der Waals surface area contributed by atoms with Crippen molar-refractivity contribution in [2.75, 3.05) is 10.6 Å². The first kappa shape index (κ1) is 19.7. The van der Waals surface area contributed by atoms with Gasteiger partial charge in [0.2, 0.25) is 11.8 Å². The SMILES string of the molecule is CCCCn1nc(C)c(/C=C/C(=O)Nc2cccc(NC(C)=O)c2)c1Cl. The van der Waals surface area contributed by atoms with Crippen LogP contribution in [0.3, 0.4) is 0 Å². The highest BCUT2D eigenvalue weighted by molar-refractivity contribution is 6.31. The maximum absolute atomic E-state index is 12.2. The summed E-state index contributed by atoms with van der Waals surface area (Å²) in [7, 11) is 0. The average molecular weight is 375 g/mol. The zero-order valence-corrected chi connectivity index (χ0v) is 15.9. The Bertz CT molecular complexity index is 827. The third-order valence-electron chi connectivity index (χ3n) is 3.68. The van der Waals surface area contributed by atoms with E-state index in [1.54, 1.807) is 35.0 Å². The van der Waals surface area contributed by atoms with Crippen LogP contribution >= 0.6 is 11.6 Å². The second kappa shape index (κ2) is 9.20. The van der Waals surface area contributed by atoms with Crippen molar-refractivity contribution < 1.29 is 9.59 Å². The summed E-state index contributed by atoms with van der Waals surface area (Å²) in [5.41, 5.74) is 2.73. The molecule has 0 saturated heterocycles. The minimum absolute atomic E-state index is 0.168. The molecular formula is C19H23ClN4O2. The van der Waals surface area contributed by atoms with Crippen molar-refractivity contribution in [1.82, 2.24) is 9.78 Å². The van der Waals surface area contributed by atoms with E-state index in [0.29, 0.717) is 16.5 Å². The molecule has 1 aromatic heterocycles. The number of carbonyl (C=O) groups excluding carboxylic acids is 2. The molecule has 0 atom stereocenters. The summed E-state index contributed by atoms with van der Waals surface area (Å²) in [5, 5.41) is 10.4. The number of halogens is 1. The molecule has 1 aromatic carbocycles. The maximum atomic E-state index is 12.2. The molecule has 138 valence electrons. The first-order valence-electron chi connectivity index (χ1n) is 8.50. The number of aromatic nitrogens is 2. The lowest BCUT2D eigenvalue weighted by molar-refractivity contribution is -0.114. The summed E-state index contributed by atoms with van der Waals surface area (Å²) in [5.74, 6) is -0.458. The van der Waals surface area contributed by atoms with Crippen molar-refractivity contribution in [2.45, 2.75) is 40.2 Å². The number of amides is 2. The van der Waals surface area contributed by atoms with Gasteiger partial charge in [-0.1, -0.05) is 31.0 Å². The molecular weight excluding hydrogens is 352 g/mol. The summed E-state index contributed by atoms with van der Waals surface area (Å²) < 4.78 is 1.76. The van der Waals surface area contributed by atoms with Crippen LogP contribution in [0, 0.1) is 6.92 Å². The summed E-state index contributed by atoms with van der Waals surface area (Å²) in [6.07, 6.45) is 5.14. The molecule has 0 aliphatic rings. The normalized spacial score (nSPS) is 10.9. The Morgan fingerprint density at radius 3 is 2.62 bits per heavy atom. The molecule has 1 heterocycles. The van der Waals surface area contributed by atoms with Gasteiger partial charge in [-0.3, -0.25) is 14.3 Å². The van der Waals surface area contributed by atoms with Gasteiger partial charge in [-0.05, 0) is 37.6 Å². The molecule has 6 nitrogen and oxygen atoms in total. The van der Waals surface area contributed by atoms with E-state index in [2.05, 4.69) is 22.7 Å². The number of nitrogens with zero attached hydrogens (tertiary/aromatic N) is 2. The molecule has 0 unspecified atom stereocenters. The van der Waals surface area contributed by atoms with Gasteiger partial charge in [-0.25, -0.2) is 0 Å². The smallest absolute Gasteiger partial charge is 0.248 e. The highest BCUT2D eigenvalue weighted by Crippen LogP contribution is 2.22. The van der Waals surface area contributed by atoms with Crippen molar-refractivity contribution >= 4 is 40.9 Å². The van der Waals surface area contributed by atoms with Gasteiger partial charge >= 0.3 is 0 Å². The van der Waals surface area contributed by atoms with E-state index in [0.717, 1.165) is 30.6 Å². The van der Waals surface area contributed by atoms with E-state index in [4.69, 9.17) is 11.6 Å². The van der Waals surface area contributed by atoms with Gasteiger partial charge in [-0.2, -0.15) is 5.10 Å². The molecule has 2 aromatic rings. The molecule has 2 amide bonds. The van der Waals surface area contributed by atoms with E-state index in [1.807, 2.05) is 6.92 Å². The maximum Gasteiger partial charge on any atom is 0.248 e. The molecule has 0 radical (unpaired) electrons. The van der Waals surface area contributed by atoms with E-state index in [1.165, 1.54) is 13.0 Å². The highest BCUT2D eigenvalue weighted by atomic mass is 35.5. The number of rotatable bonds is 7. The van der Waals surface area contributed by atoms with Crippen LogP contribution in [0.4, 0.5) is 11.4 Å². The molecule has 7 heteroatoms. The monoisotopic (exact) mass is 374 g/mol. The first-order valence-corrected chi connectivity index (χ1v) is 8.88. The predicted molar refractivity (Wildman–Crippen MR) is 105 cm³/mol. The molecule has 0 aliphatic heterocycles. The predicted octanol–water partition coefficient (Wildman–Crippen LogP) is 4.26. The molecule has 0 bridgehead atoms. The Kier molecular flexibility index (Phi) is 6.97. The number of unbranched alkanes of at least 4 members (excludes halogenated alkanes) is 1. The summed E-state index contributed by atoms with van der Waals surface area (Å²) >= 11 is 6.36. The number of benzene rings is 1. The highest BCUT2D eigenvalue weighted by Gasteiger charge is 2.11. The van der Waals surface area contributed by atoms with Crippen molar-refractivity contribution in [3.8, 4) is 0 Å². The Morgan fingerprint density at radius 1 is 1.27 bits per heavy atom. The molecule has 0 aliphatic carbocycles. The number of hydrogen-bond acceptors (Lipinski definition) is 3. The van der Waals surface area contributed by atoms with Gasteiger partial charge in [0.1, 0.15) is 5.15 Å². The third kappa shape index (κ3) is 5.46. The number of carbonyl (C=O) groups is 2. The largest absolute Gasteiger partial charge is 0.326 e. The van der Waals surface area contributed by atoms with E-state index >= 15 is 0 Å². The quantitative estimate of drug-likeness (QED) is 0.711. The number of anilines is 2. The lowest BCUT2D eigenvalue weighted by Crippen LogP contribution is -2.09. The third-order valence-corrected chi connectivity index (χ3v) is 4.08. The minimum Gasteiger partial charge on any atom is -0.326 e. The summed E-state index contributed by atoms with van der Waals surface area (Å²) in [4.78, 5) is 23.3. The number of hydrogen-bond donors (Lipinski definition) is 2. The van der Waals surface area contributed by atoms with Gasteiger partial charge in [0.15, 0.2) is 0 Å². The number of nitrogens with one attached hydrogen (secondary N) is 2. The van der Waals surface area contributed by atoms with E-state index < -0.39 is 0 Å². The Morgan fingerprint density at radius 2 is 1.96 bits per heavy atom. The lowest BCUT2D eigenvalue weighted by Gasteiger charge is -2.06.